The lowest BCUT2D eigenvalue weighted by atomic mass is 10.1. The number of alkyl halides is 1. The van der Waals surface area contributed by atoms with Crippen LogP contribution in [0.25, 0.3) is 0 Å². The van der Waals surface area contributed by atoms with Crippen LogP contribution in [0.5, 0.6) is 0 Å². The minimum Gasteiger partial charge on any atom is -0.458 e. The minimum atomic E-state index is -3.86. The molecule has 9 nitrogen and oxygen atoms in total. The second kappa shape index (κ2) is 7.30. The Morgan fingerprint density at radius 3 is 2.92 bits per heavy atom. The Hall–Kier alpha value is -1.66. The number of aliphatic hydroxyl groups excluding tert-OH is 2. The van der Waals surface area contributed by atoms with Gasteiger partial charge in [-0.2, -0.15) is 0 Å². The van der Waals surface area contributed by atoms with Gasteiger partial charge in [-0.25, -0.2) is 4.39 Å². The van der Waals surface area contributed by atoms with Crippen molar-refractivity contribution in [1.82, 2.24) is 9.55 Å². The number of nitrogens with zero attached hydrogens (tertiary/aromatic N) is 1. The topological polar surface area (TPSA) is 140 Å². The second-order valence-corrected chi connectivity index (χ2v) is 6.13. The summed E-state index contributed by atoms with van der Waals surface area (Å²) in [5, 5.41) is 20.3. The van der Waals surface area contributed by atoms with Crippen molar-refractivity contribution in [1.29, 1.82) is 0 Å². The van der Waals surface area contributed by atoms with Crippen LogP contribution in [0, 0.1) is 10.7 Å². The van der Waals surface area contributed by atoms with Gasteiger partial charge in [0.1, 0.15) is 18.2 Å². The maximum absolute atomic E-state index is 15.4. The van der Waals surface area contributed by atoms with Crippen molar-refractivity contribution in [2.24, 2.45) is 11.7 Å². The van der Waals surface area contributed by atoms with Gasteiger partial charge in [0, 0.05) is 12.3 Å². The third kappa shape index (κ3) is 3.96. The first-order chi connectivity index (χ1) is 12.7. The molecule has 1 aromatic heterocycles. The molecule has 0 radical (unpaired) electrons. The number of H-pyrrole nitrogens is 1. The predicted octanol–water partition coefficient (Wildman–Crippen LogP) is -0.651. The van der Waals surface area contributed by atoms with E-state index in [9.17, 15) is 19.8 Å². The summed E-state index contributed by atoms with van der Waals surface area (Å²) in [6, 6.07) is -0.404. The SMILES string of the molecule is [2H]C([2H])(OC(=O)[C@@H](N)C(C)C)[C@@]1(F)O[C@@]([2H])(n2ccc(=O)[nH]c2=S)[C@H](O)[C@@H]1O. The Bertz CT molecular complexity index is 882. The van der Waals surface area contributed by atoms with E-state index in [1.807, 2.05) is 0 Å². The van der Waals surface area contributed by atoms with Crippen LogP contribution in [-0.4, -0.2) is 56.4 Å². The van der Waals surface area contributed by atoms with Gasteiger partial charge < -0.3 is 25.4 Å². The number of halogens is 1. The summed E-state index contributed by atoms with van der Waals surface area (Å²) in [5.41, 5.74) is 4.89. The van der Waals surface area contributed by atoms with Crippen molar-refractivity contribution >= 4 is 18.2 Å². The number of hydrogen-bond acceptors (Lipinski definition) is 8. The molecule has 140 valence electrons. The minimum absolute atomic E-state index is 0.461. The number of aromatic nitrogens is 2. The number of hydrogen-bond donors (Lipinski definition) is 4. The molecule has 5 N–H and O–H groups in total. The Kier molecular flexibility index (Phi) is 4.55. The molecular weight excluding hydrogens is 357 g/mol. The molecule has 2 rings (SSSR count). The van der Waals surface area contributed by atoms with E-state index in [-0.39, 0.29) is 0 Å². The number of aliphatic hydroxyl groups is 2. The molecular formula is C14H20FN3O6S. The number of carbonyl (C=O) groups is 1. The highest BCUT2D eigenvalue weighted by Gasteiger charge is 2.57. The Morgan fingerprint density at radius 2 is 2.36 bits per heavy atom. The van der Waals surface area contributed by atoms with Crippen LogP contribution < -0.4 is 11.3 Å². The van der Waals surface area contributed by atoms with E-state index in [0.29, 0.717) is 4.57 Å². The maximum atomic E-state index is 15.4. The highest BCUT2D eigenvalue weighted by Crippen LogP contribution is 2.38. The van der Waals surface area contributed by atoms with Gasteiger partial charge in [-0.05, 0) is 18.1 Å². The quantitative estimate of drug-likeness (QED) is 0.390. The fraction of sp³-hybridized carbons (Fsp3) is 0.643. The van der Waals surface area contributed by atoms with E-state index in [2.05, 4.69) is 9.72 Å². The largest absolute Gasteiger partial charge is 0.458 e. The van der Waals surface area contributed by atoms with Crippen LogP contribution in [0.3, 0.4) is 0 Å². The molecule has 0 unspecified atom stereocenters. The van der Waals surface area contributed by atoms with Crippen molar-refractivity contribution in [3.05, 3.63) is 27.4 Å². The van der Waals surface area contributed by atoms with E-state index in [1.54, 1.807) is 13.8 Å². The summed E-state index contributed by atoms with van der Waals surface area (Å²) in [7, 11) is 0. The Balaban J connectivity index is 2.44. The third-order valence-corrected chi connectivity index (χ3v) is 3.83. The average molecular weight is 380 g/mol. The average Bonchev–Trinajstić information content (AvgIpc) is 2.75. The molecule has 0 aliphatic carbocycles. The van der Waals surface area contributed by atoms with E-state index in [1.165, 1.54) is 0 Å². The zero-order valence-corrected chi connectivity index (χ0v) is 14.1. The highest BCUT2D eigenvalue weighted by molar-refractivity contribution is 7.71. The summed E-state index contributed by atoms with van der Waals surface area (Å²) in [5.74, 6) is -5.63. The summed E-state index contributed by atoms with van der Waals surface area (Å²) in [4.78, 5) is 25.3. The first-order valence-electron chi connectivity index (χ1n) is 8.73. The molecule has 25 heavy (non-hydrogen) atoms. The van der Waals surface area contributed by atoms with Gasteiger partial charge in [-0.15, -0.1) is 0 Å². The third-order valence-electron chi connectivity index (χ3n) is 3.53. The number of ether oxygens (including phenoxy) is 2. The summed E-state index contributed by atoms with van der Waals surface area (Å²) in [6.07, 6.45) is -7.01. The lowest BCUT2D eigenvalue weighted by Crippen LogP contribution is -2.46. The molecule has 1 fully saturated rings. The molecule has 0 spiro atoms. The molecule has 1 aromatic rings. The number of carbonyl (C=O) groups excluding carboxylic acids is 1. The molecule has 2 heterocycles. The van der Waals surface area contributed by atoms with Gasteiger partial charge in [0.15, 0.2) is 17.5 Å². The molecule has 5 atom stereocenters. The normalized spacial score (nSPS) is 35.7. The smallest absolute Gasteiger partial charge is 0.323 e. The van der Waals surface area contributed by atoms with Gasteiger partial charge >= 0.3 is 5.97 Å². The molecule has 1 aliphatic rings. The fourth-order valence-corrected chi connectivity index (χ4v) is 2.19. The number of rotatable bonds is 5. The number of nitrogens with one attached hydrogen (secondary N) is 1. The molecule has 11 heteroatoms. The van der Waals surface area contributed by atoms with E-state index < -0.39 is 59.1 Å². The van der Waals surface area contributed by atoms with Crippen LogP contribution in [0.2, 0.25) is 0 Å². The van der Waals surface area contributed by atoms with Crippen molar-refractivity contribution in [2.45, 2.75) is 44.2 Å². The van der Waals surface area contributed by atoms with Gasteiger partial charge in [-0.3, -0.25) is 19.1 Å². The van der Waals surface area contributed by atoms with Crippen LogP contribution >= 0.6 is 12.2 Å². The van der Waals surface area contributed by atoms with Crippen LogP contribution in [-0.2, 0) is 14.3 Å². The number of aromatic amines is 1. The van der Waals surface area contributed by atoms with E-state index >= 15 is 4.39 Å². The van der Waals surface area contributed by atoms with Crippen LogP contribution in [0.4, 0.5) is 4.39 Å². The zero-order valence-electron chi connectivity index (χ0n) is 16.3. The lowest BCUT2D eigenvalue weighted by molar-refractivity contribution is -0.217. The summed E-state index contributed by atoms with van der Waals surface area (Å²) in [6.45, 7) is -0.543. The van der Waals surface area contributed by atoms with Gasteiger partial charge in [-0.1, -0.05) is 13.8 Å². The molecule has 0 amide bonds. The van der Waals surface area contributed by atoms with Crippen molar-refractivity contribution in [3.8, 4) is 0 Å². The number of nitrogens with two attached hydrogens (primary N) is 1. The van der Waals surface area contributed by atoms with Crippen LogP contribution in [0.1, 0.15) is 24.2 Å². The predicted molar refractivity (Wildman–Crippen MR) is 85.6 cm³/mol. The van der Waals surface area contributed by atoms with Gasteiger partial charge in [0.2, 0.25) is 0 Å². The van der Waals surface area contributed by atoms with Crippen molar-refractivity contribution < 1.29 is 33.0 Å². The second-order valence-electron chi connectivity index (χ2n) is 5.75. The standard InChI is InChI=1S/C14H20FN3O6S/c1-6(2)8(16)12(22)23-5-14(15)10(21)9(20)11(24-14)18-4-3-7(19)17-13(18)25/h3-4,6,8-11,20-21H,5,16H2,1-2H3,(H,17,19,25)/t8-,9+,10-,11+,14+/m0/s1/i5D2,11D. The summed E-state index contributed by atoms with van der Waals surface area (Å²) >= 11 is 4.84. The van der Waals surface area contributed by atoms with Gasteiger partial charge in [0.05, 0.1) is 4.11 Å². The summed E-state index contributed by atoms with van der Waals surface area (Å²) < 4.78 is 48.5. The number of esters is 1. The molecule has 0 aromatic carbocycles. The Morgan fingerprint density at radius 1 is 1.72 bits per heavy atom. The molecule has 1 saturated heterocycles. The van der Waals surface area contributed by atoms with E-state index in [0.717, 1.165) is 12.3 Å². The fourth-order valence-electron chi connectivity index (χ4n) is 1.93. The molecule has 0 bridgehead atoms. The van der Waals surface area contributed by atoms with Gasteiger partial charge in [0.25, 0.3) is 11.4 Å². The lowest BCUT2D eigenvalue weighted by Gasteiger charge is -2.24. The van der Waals surface area contributed by atoms with Crippen molar-refractivity contribution in [2.75, 3.05) is 6.56 Å². The maximum Gasteiger partial charge on any atom is 0.323 e. The molecule has 1 aliphatic heterocycles. The van der Waals surface area contributed by atoms with Crippen molar-refractivity contribution in [3.63, 3.8) is 0 Å². The first-order valence-corrected chi connectivity index (χ1v) is 7.64. The van der Waals surface area contributed by atoms with E-state index in [4.69, 9.17) is 26.8 Å². The molecule has 0 saturated carbocycles. The van der Waals surface area contributed by atoms with Crippen LogP contribution in [0.15, 0.2) is 17.1 Å². The Labute approximate surface area is 151 Å². The highest BCUT2D eigenvalue weighted by atomic mass is 32.1. The monoisotopic (exact) mass is 380 g/mol. The zero-order chi connectivity index (χ0) is 21.7. The first kappa shape index (κ1) is 15.6.